The first-order chi connectivity index (χ1) is 11.5. The van der Waals surface area contributed by atoms with Gasteiger partial charge in [0, 0.05) is 22.1 Å². The fourth-order valence-electron chi connectivity index (χ4n) is 1.85. The van der Waals surface area contributed by atoms with Gasteiger partial charge in [-0.05, 0) is 52.3 Å². The van der Waals surface area contributed by atoms with E-state index in [9.17, 15) is 14.4 Å². The van der Waals surface area contributed by atoms with Crippen molar-refractivity contribution >= 4 is 39.3 Å². The lowest BCUT2D eigenvalue weighted by atomic mass is 10.2. The highest BCUT2D eigenvalue weighted by Crippen LogP contribution is 2.15. The van der Waals surface area contributed by atoms with Gasteiger partial charge in [0.05, 0.1) is 5.56 Å². The van der Waals surface area contributed by atoms with E-state index in [-0.39, 0.29) is 5.91 Å². The number of hydrogen-bond donors (Lipinski definition) is 3. The molecular formula is C17H16BrN3O3. The van der Waals surface area contributed by atoms with Gasteiger partial charge >= 0.3 is 0 Å². The lowest BCUT2D eigenvalue weighted by molar-refractivity contribution is -0.115. The van der Waals surface area contributed by atoms with Crippen LogP contribution in [0.1, 0.15) is 34.1 Å². The van der Waals surface area contributed by atoms with Crippen molar-refractivity contribution in [1.82, 2.24) is 10.9 Å². The molecule has 3 amide bonds. The maximum absolute atomic E-state index is 12.0. The van der Waals surface area contributed by atoms with Crippen LogP contribution in [-0.4, -0.2) is 17.7 Å². The number of carbonyl (C=O) groups is 3. The fraction of sp³-hybridized carbons (Fsp3) is 0.118. The number of halogens is 1. The standard InChI is InChI=1S/C17H16BrN3O3/c1-2-15(22)19-12-9-7-11(8-10-12)16(23)20-21-17(24)13-5-3-4-6-14(13)18/h3-10H,2H2,1H3,(H,19,22)(H,20,23)(H,21,24). The first-order valence-electron chi connectivity index (χ1n) is 7.26. The van der Waals surface area contributed by atoms with E-state index in [2.05, 4.69) is 32.1 Å². The topological polar surface area (TPSA) is 87.3 Å². The summed E-state index contributed by atoms with van der Waals surface area (Å²) >= 11 is 3.27. The molecule has 0 aliphatic carbocycles. The van der Waals surface area contributed by atoms with Gasteiger partial charge in [0.1, 0.15) is 0 Å². The summed E-state index contributed by atoms with van der Waals surface area (Å²) in [5.41, 5.74) is 6.08. The minimum absolute atomic E-state index is 0.104. The Morgan fingerprint density at radius 1 is 0.917 bits per heavy atom. The highest BCUT2D eigenvalue weighted by Gasteiger charge is 2.11. The van der Waals surface area contributed by atoms with Crippen LogP contribution >= 0.6 is 15.9 Å². The van der Waals surface area contributed by atoms with Gasteiger partial charge < -0.3 is 5.32 Å². The molecule has 124 valence electrons. The van der Waals surface area contributed by atoms with E-state index < -0.39 is 11.8 Å². The van der Waals surface area contributed by atoms with Gasteiger partial charge in [-0.3, -0.25) is 25.2 Å². The number of carbonyl (C=O) groups excluding carboxylic acids is 3. The number of hydrogen-bond acceptors (Lipinski definition) is 3. The van der Waals surface area contributed by atoms with Crippen LogP contribution in [0.3, 0.4) is 0 Å². The molecule has 2 rings (SSSR count). The Kier molecular flexibility index (Phi) is 6.08. The van der Waals surface area contributed by atoms with E-state index in [4.69, 9.17) is 0 Å². The van der Waals surface area contributed by atoms with Crippen molar-refractivity contribution < 1.29 is 14.4 Å². The van der Waals surface area contributed by atoms with Gasteiger partial charge in [0.2, 0.25) is 5.91 Å². The van der Waals surface area contributed by atoms with Gasteiger partial charge in [0.25, 0.3) is 11.8 Å². The van der Waals surface area contributed by atoms with E-state index in [0.717, 1.165) is 0 Å². The third-order valence-electron chi connectivity index (χ3n) is 3.16. The molecule has 0 aliphatic rings. The Morgan fingerprint density at radius 2 is 1.54 bits per heavy atom. The Balaban J connectivity index is 1.94. The summed E-state index contributed by atoms with van der Waals surface area (Å²) in [6.45, 7) is 1.75. The zero-order chi connectivity index (χ0) is 17.5. The number of anilines is 1. The van der Waals surface area contributed by atoms with Crippen LogP contribution < -0.4 is 16.2 Å². The van der Waals surface area contributed by atoms with Crippen molar-refractivity contribution in [3.8, 4) is 0 Å². The van der Waals surface area contributed by atoms with E-state index in [1.807, 2.05) is 0 Å². The van der Waals surface area contributed by atoms with Gasteiger partial charge in [-0.2, -0.15) is 0 Å². The minimum atomic E-state index is -0.455. The van der Waals surface area contributed by atoms with Crippen LogP contribution in [0.5, 0.6) is 0 Å². The van der Waals surface area contributed by atoms with Gasteiger partial charge in [-0.1, -0.05) is 19.1 Å². The predicted octanol–water partition coefficient (Wildman–Crippen LogP) is 2.87. The molecule has 0 heterocycles. The van der Waals surface area contributed by atoms with Crippen molar-refractivity contribution in [3.63, 3.8) is 0 Å². The van der Waals surface area contributed by atoms with E-state index in [1.54, 1.807) is 55.5 Å². The normalized spacial score (nSPS) is 9.92. The predicted molar refractivity (Wildman–Crippen MR) is 94.4 cm³/mol. The average molecular weight is 390 g/mol. The molecule has 0 saturated carbocycles. The van der Waals surface area contributed by atoms with Crippen molar-refractivity contribution in [1.29, 1.82) is 0 Å². The third kappa shape index (κ3) is 4.66. The third-order valence-corrected chi connectivity index (χ3v) is 3.85. The molecule has 6 nitrogen and oxygen atoms in total. The molecule has 7 heteroatoms. The van der Waals surface area contributed by atoms with Gasteiger partial charge in [-0.25, -0.2) is 0 Å². The van der Waals surface area contributed by atoms with E-state index >= 15 is 0 Å². The molecule has 0 spiro atoms. The van der Waals surface area contributed by atoms with E-state index in [1.165, 1.54) is 0 Å². The number of benzene rings is 2. The molecule has 2 aromatic rings. The molecule has 0 unspecified atom stereocenters. The molecule has 2 aromatic carbocycles. The molecule has 0 fully saturated rings. The van der Waals surface area contributed by atoms with Crippen molar-refractivity contribution in [3.05, 3.63) is 64.1 Å². The summed E-state index contributed by atoms with van der Waals surface area (Å²) in [6.07, 6.45) is 0.378. The molecule has 0 aromatic heterocycles. The highest BCUT2D eigenvalue weighted by molar-refractivity contribution is 9.10. The Morgan fingerprint density at radius 3 is 2.17 bits per heavy atom. The number of hydrazine groups is 1. The quantitative estimate of drug-likeness (QED) is 0.702. The van der Waals surface area contributed by atoms with Crippen LogP contribution in [0, 0.1) is 0 Å². The van der Waals surface area contributed by atoms with Crippen LogP contribution in [0.4, 0.5) is 5.69 Å². The lowest BCUT2D eigenvalue weighted by Gasteiger charge is -2.09. The summed E-state index contributed by atoms with van der Waals surface area (Å²) in [5, 5.41) is 2.69. The summed E-state index contributed by atoms with van der Waals surface area (Å²) in [7, 11) is 0. The molecule has 0 radical (unpaired) electrons. The highest BCUT2D eigenvalue weighted by atomic mass is 79.9. The first-order valence-corrected chi connectivity index (χ1v) is 8.05. The average Bonchev–Trinajstić information content (AvgIpc) is 2.60. The summed E-state index contributed by atoms with van der Waals surface area (Å²) in [4.78, 5) is 35.3. The molecule has 0 atom stereocenters. The Labute approximate surface area is 147 Å². The van der Waals surface area contributed by atoms with Crippen LogP contribution in [0.2, 0.25) is 0 Å². The number of amides is 3. The second-order valence-corrected chi connectivity index (χ2v) is 5.72. The summed E-state index contributed by atoms with van der Waals surface area (Å²) in [5.74, 6) is -0.987. The summed E-state index contributed by atoms with van der Waals surface area (Å²) in [6, 6.07) is 13.3. The minimum Gasteiger partial charge on any atom is -0.326 e. The van der Waals surface area contributed by atoms with Crippen molar-refractivity contribution in [2.24, 2.45) is 0 Å². The molecule has 0 saturated heterocycles. The number of rotatable bonds is 4. The Hall–Kier alpha value is -2.67. The summed E-state index contributed by atoms with van der Waals surface area (Å²) < 4.78 is 0.632. The molecule has 0 aliphatic heterocycles. The van der Waals surface area contributed by atoms with Gasteiger partial charge in [0.15, 0.2) is 0 Å². The zero-order valence-corrected chi connectivity index (χ0v) is 14.5. The zero-order valence-electron chi connectivity index (χ0n) is 12.9. The molecule has 24 heavy (non-hydrogen) atoms. The van der Waals surface area contributed by atoms with Gasteiger partial charge in [-0.15, -0.1) is 0 Å². The smallest absolute Gasteiger partial charge is 0.270 e. The molecule has 0 bridgehead atoms. The largest absolute Gasteiger partial charge is 0.326 e. The van der Waals surface area contributed by atoms with Crippen molar-refractivity contribution in [2.45, 2.75) is 13.3 Å². The van der Waals surface area contributed by atoms with Crippen molar-refractivity contribution in [2.75, 3.05) is 5.32 Å². The maximum Gasteiger partial charge on any atom is 0.270 e. The molecular weight excluding hydrogens is 374 g/mol. The maximum atomic E-state index is 12.0. The first kappa shape index (κ1) is 17.7. The lowest BCUT2D eigenvalue weighted by Crippen LogP contribution is -2.41. The second kappa shape index (κ2) is 8.26. The second-order valence-electron chi connectivity index (χ2n) is 4.87. The van der Waals surface area contributed by atoms with Crippen LogP contribution in [0.15, 0.2) is 53.0 Å². The Bertz CT molecular complexity index is 760. The number of nitrogens with one attached hydrogen (secondary N) is 3. The fourth-order valence-corrected chi connectivity index (χ4v) is 2.32. The monoisotopic (exact) mass is 389 g/mol. The van der Waals surface area contributed by atoms with Crippen LogP contribution in [-0.2, 0) is 4.79 Å². The molecule has 3 N–H and O–H groups in total. The van der Waals surface area contributed by atoms with E-state index in [0.29, 0.717) is 27.7 Å². The van der Waals surface area contributed by atoms with Crippen LogP contribution in [0.25, 0.3) is 0 Å². The SMILES string of the molecule is CCC(=O)Nc1ccc(C(=O)NNC(=O)c2ccccc2Br)cc1.